The first-order valence-electron chi connectivity index (χ1n) is 8.89. The van der Waals surface area contributed by atoms with Gasteiger partial charge in [0.2, 0.25) is 0 Å². The van der Waals surface area contributed by atoms with E-state index in [0.29, 0.717) is 5.92 Å². The highest BCUT2D eigenvalue weighted by molar-refractivity contribution is 5.91. The summed E-state index contributed by atoms with van der Waals surface area (Å²) in [6.07, 6.45) is 1.05. The number of nitrogens with one attached hydrogen (secondary N) is 1. The van der Waals surface area contributed by atoms with Crippen LogP contribution in [0.25, 0.3) is 0 Å². The first-order valence-corrected chi connectivity index (χ1v) is 8.89. The summed E-state index contributed by atoms with van der Waals surface area (Å²) >= 11 is 0. The number of urea groups is 1. The smallest absolute Gasteiger partial charge is 0.321 e. The number of amides is 2. The number of nitrogens with zero attached hydrogens (tertiary/aromatic N) is 2. The quantitative estimate of drug-likeness (QED) is 0.813. The number of hydrogen-bond donors (Lipinski definition) is 1. The molecule has 1 N–H and O–H groups in total. The van der Waals surface area contributed by atoms with Crippen LogP contribution >= 0.6 is 0 Å². The molecule has 134 valence electrons. The molecule has 0 aromatic heterocycles. The average Bonchev–Trinajstić information content (AvgIpc) is 2.57. The first kappa shape index (κ1) is 18.7. The topological polar surface area (TPSA) is 44.8 Å². The Morgan fingerprint density at radius 1 is 1.25 bits per heavy atom. The van der Waals surface area contributed by atoms with E-state index < -0.39 is 0 Å². The Labute approximate surface area is 146 Å². The molecule has 1 heterocycles. The summed E-state index contributed by atoms with van der Waals surface area (Å²) < 4.78 is 5.10. The summed E-state index contributed by atoms with van der Waals surface area (Å²) in [5, 5.41) is 3.15. The maximum atomic E-state index is 12.6. The van der Waals surface area contributed by atoms with Crippen molar-refractivity contribution >= 4 is 11.7 Å². The largest absolute Gasteiger partial charge is 0.385 e. The molecular formula is C19H31N3O2. The van der Waals surface area contributed by atoms with Gasteiger partial charge in [0, 0.05) is 52.1 Å². The number of para-hydroxylation sites is 1. The molecule has 1 aromatic carbocycles. The van der Waals surface area contributed by atoms with Gasteiger partial charge in [0.05, 0.1) is 0 Å². The lowest BCUT2D eigenvalue weighted by molar-refractivity contribution is 0.130. The maximum Gasteiger partial charge on any atom is 0.321 e. The van der Waals surface area contributed by atoms with Crippen LogP contribution in [0.1, 0.15) is 37.3 Å². The fourth-order valence-corrected chi connectivity index (χ4v) is 3.14. The van der Waals surface area contributed by atoms with Gasteiger partial charge in [0.1, 0.15) is 0 Å². The van der Waals surface area contributed by atoms with Gasteiger partial charge >= 0.3 is 6.03 Å². The average molecular weight is 333 g/mol. The monoisotopic (exact) mass is 333 g/mol. The minimum atomic E-state index is 0.0164. The molecule has 5 nitrogen and oxygen atoms in total. The zero-order valence-corrected chi connectivity index (χ0v) is 15.5. The molecule has 5 heteroatoms. The van der Waals surface area contributed by atoms with Gasteiger partial charge in [-0.15, -0.1) is 0 Å². The fraction of sp³-hybridized carbons (Fsp3) is 0.632. The van der Waals surface area contributed by atoms with Crippen LogP contribution in [0.2, 0.25) is 0 Å². The molecule has 0 radical (unpaired) electrons. The van der Waals surface area contributed by atoms with Crippen molar-refractivity contribution in [2.24, 2.45) is 0 Å². The van der Waals surface area contributed by atoms with Crippen molar-refractivity contribution in [3.63, 3.8) is 0 Å². The van der Waals surface area contributed by atoms with Crippen LogP contribution in [0.3, 0.4) is 0 Å². The van der Waals surface area contributed by atoms with Crippen molar-refractivity contribution in [3.8, 4) is 0 Å². The second kappa shape index (κ2) is 9.04. The van der Waals surface area contributed by atoms with Crippen molar-refractivity contribution in [1.29, 1.82) is 0 Å². The minimum Gasteiger partial charge on any atom is -0.385 e. The molecule has 2 amide bonds. The van der Waals surface area contributed by atoms with E-state index in [9.17, 15) is 4.79 Å². The Balaban J connectivity index is 1.91. The Morgan fingerprint density at radius 3 is 2.58 bits per heavy atom. The maximum absolute atomic E-state index is 12.6. The molecule has 0 aliphatic carbocycles. The van der Waals surface area contributed by atoms with E-state index in [4.69, 9.17) is 4.74 Å². The van der Waals surface area contributed by atoms with Gasteiger partial charge in [-0.3, -0.25) is 4.90 Å². The second-order valence-corrected chi connectivity index (χ2v) is 6.80. The normalized spacial score (nSPS) is 15.8. The van der Waals surface area contributed by atoms with E-state index >= 15 is 0 Å². The SMILES string of the molecule is COCCCN1CCN(C(=O)Nc2c(C)cccc2C(C)C)CC1. The van der Waals surface area contributed by atoms with Crippen LogP contribution in [-0.4, -0.2) is 62.3 Å². The number of rotatable bonds is 6. The summed E-state index contributed by atoms with van der Waals surface area (Å²) in [6, 6.07) is 6.22. The number of methoxy groups -OCH3 is 1. The van der Waals surface area contributed by atoms with Gasteiger partial charge in [-0.05, 0) is 30.4 Å². The van der Waals surface area contributed by atoms with Crippen LogP contribution in [0.5, 0.6) is 0 Å². The number of anilines is 1. The van der Waals surface area contributed by atoms with Crippen molar-refractivity contribution in [1.82, 2.24) is 9.80 Å². The minimum absolute atomic E-state index is 0.0164. The van der Waals surface area contributed by atoms with Crippen LogP contribution in [0.4, 0.5) is 10.5 Å². The summed E-state index contributed by atoms with van der Waals surface area (Å²) in [6.45, 7) is 11.6. The standard InChI is InChI=1S/C19H31N3O2/c1-15(2)17-8-5-7-16(3)18(17)20-19(23)22-12-10-21(11-13-22)9-6-14-24-4/h5,7-8,15H,6,9-14H2,1-4H3,(H,20,23). The van der Waals surface area contributed by atoms with Crippen molar-refractivity contribution in [2.75, 3.05) is 51.8 Å². The third-order valence-corrected chi connectivity index (χ3v) is 4.64. The zero-order valence-electron chi connectivity index (χ0n) is 15.5. The lowest BCUT2D eigenvalue weighted by atomic mass is 9.98. The molecule has 0 unspecified atom stereocenters. The molecule has 24 heavy (non-hydrogen) atoms. The third kappa shape index (κ3) is 4.95. The van der Waals surface area contributed by atoms with E-state index in [2.05, 4.69) is 49.2 Å². The van der Waals surface area contributed by atoms with Gasteiger partial charge < -0.3 is 15.0 Å². The summed E-state index contributed by atoms with van der Waals surface area (Å²) in [4.78, 5) is 17.0. The molecule has 1 saturated heterocycles. The molecule has 0 spiro atoms. The number of carbonyl (C=O) groups is 1. The van der Waals surface area contributed by atoms with Gasteiger partial charge in [0.15, 0.2) is 0 Å². The number of carbonyl (C=O) groups excluding carboxylic acids is 1. The Morgan fingerprint density at radius 2 is 1.96 bits per heavy atom. The predicted molar refractivity (Wildman–Crippen MR) is 98.8 cm³/mol. The summed E-state index contributed by atoms with van der Waals surface area (Å²) in [7, 11) is 1.74. The van der Waals surface area contributed by atoms with E-state index in [1.807, 2.05) is 4.90 Å². The van der Waals surface area contributed by atoms with Gasteiger partial charge in [-0.1, -0.05) is 32.0 Å². The number of hydrogen-bond acceptors (Lipinski definition) is 3. The summed E-state index contributed by atoms with van der Waals surface area (Å²) in [5.74, 6) is 0.387. The lowest BCUT2D eigenvalue weighted by Gasteiger charge is -2.35. The van der Waals surface area contributed by atoms with Gasteiger partial charge in [0.25, 0.3) is 0 Å². The van der Waals surface area contributed by atoms with Crippen molar-refractivity contribution in [3.05, 3.63) is 29.3 Å². The van der Waals surface area contributed by atoms with Crippen LogP contribution in [-0.2, 0) is 4.74 Å². The molecule has 0 bridgehead atoms. The molecule has 1 fully saturated rings. The highest BCUT2D eigenvalue weighted by Gasteiger charge is 2.22. The molecule has 0 atom stereocenters. The van der Waals surface area contributed by atoms with E-state index in [0.717, 1.165) is 57.0 Å². The van der Waals surface area contributed by atoms with Crippen LogP contribution in [0.15, 0.2) is 18.2 Å². The van der Waals surface area contributed by atoms with Gasteiger partial charge in [-0.2, -0.15) is 0 Å². The Bertz CT molecular complexity index is 537. The van der Waals surface area contributed by atoms with E-state index in [1.165, 1.54) is 5.56 Å². The zero-order chi connectivity index (χ0) is 17.5. The van der Waals surface area contributed by atoms with Crippen molar-refractivity contribution < 1.29 is 9.53 Å². The molecule has 1 aromatic rings. The molecule has 1 aliphatic heterocycles. The molecule has 1 aliphatic rings. The Hall–Kier alpha value is -1.59. The summed E-state index contributed by atoms with van der Waals surface area (Å²) in [5.41, 5.74) is 3.29. The number of piperazine rings is 1. The highest BCUT2D eigenvalue weighted by atomic mass is 16.5. The van der Waals surface area contributed by atoms with E-state index in [-0.39, 0.29) is 6.03 Å². The Kier molecular flexibility index (Phi) is 7.06. The lowest BCUT2D eigenvalue weighted by Crippen LogP contribution is -2.50. The first-order chi connectivity index (χ1) is 11.5. The number of aryl methyl sites for hydroxylation is 1. The molecular weight excluding hydrogens is 302 g/mol. The fourth-order valence-electron chi connectivity index (χ4n) is 3.14. The second-order valence-electron chi connectivity index (χ2n) is 6.80. The van der Waals surface area contributed by atoms with Crippen molar-refractivity contribution in [2.45, 2.75) is 33.1 Å². The number of ether oxygens (including phenoxy) is 1. The van der Waals surface area contributed by atoms with Crippen LogP contribution < -0.4 is 5.32 Å². The number of benzene rings is 1. The predicted octanol–water partition coefficient (Wildman–Crippen LogP) is 3.30. The van der Waals surface area contributed by atoms with Gasteiger partial charge in [-0.25, -0.2) is 4.79 Å². The highest BCUT2D eigenvalue weighted by Crippen LogP contribution is 2.27. The van der Waals surface area contributed by atoms with E-state index in [1.54, 1.807) is 7.11 Å². The van der Waals surface area contributed by atoms with Crippen LogP contribution in [0, 0.1) is 6.92 Å². The molecule has 2 rings (SSSR count). The molecule has 0 saturated carbocycles. The third-order valence-electron chi connectivity index (χ3n) is 4.64.